The van der Waals surface area contributed by atoms with Crippen LogP contribution >= 0.6 is 0 Å². The van der Waals surface area contributed by atoms with Gasteiger partial charge in [0.2, 0.25) is 5.91 Å². The van der Waals surface area contributed by atoms with Crippen LogP contribution in [0.25, 0.3) is 0 Å². The number of hydrogen-bond donors (Lipinski definition) is 2. The lowest BCUT2D eigenvalue weighted by molar-refractivity contribution is -0.118. The maximum Gasteiger partial charge on any atom is 0.413 e. The van der Waals surface area contributed by atoms with E-state index in [1.165, 1.54) is 0 Å². The number of carbonyl (C=O) groups excluding carboxylic acids is 2. The normalized spacial score (nSPS) is 11.4. The van der Waals surface area contributed by atoms with Gasteiger partial charge in [-0.2, -0.15) is 0 Å². The van der Waals surface area contributed by atoms with E-state index in [0.717, 1.165) is 16.7 Å². The predicted octanol–water partition coefficient (Wildman–Crippen LogP) is 4.64. The van der Waals surface area contributed by atoms with E-state index in [-0.39, 0.29) is 5.91 Å². The first-order chi connectivity index (χ1) is 14.0. The average molecular weight is 388 g/mol. The number of anilines is 1. The largest absolute Gasteiger partial charge is 0.413 e. The smallest absolute Gasteiger partial charge is 0.410 e. The Balaban J connectivity index is 1.73. The van der Waals surface area contributed by atoms with Crippen molar-refractivity contribution in [2.75, 3.05) is 5.32 Å². The summed E-state index contributed by atoms with van der Waals surface area (Å²) in [6.45, 7) is 4.00. The zero-order valence-electron chi connectivity index (χ0n) is 16.5. The molecule has 0 aliphatic carbocycles. The summed E-state index contributed by atoms with van der Waals surface area (Å²) in [7, 11) is 0. The van der Waals surface area contributed by atoms with Crippen molar-refractivity contribution in [1.82, 2.24) is 5.32 Å². The second kappa shape index (κ2) is 9.55. The third-order valence-corrected chi connectivity index (χ3v) is 4.62. The molecule has 29 heavy (non-hydrogen) atoms. The SMILES string of the molecule is Cc1ccc(NC(=O)[C@@H](Cc2ccccc2)NC(=O)Oc2ccccc2)cc1C. The number of nitrogens with one attached hydrogen (secondary N) is 2. The zero-order valence-corrected chi connectivity index (χ0v) is 16.5. The lowest BCUT2D eigenvalue weighted by atomic mass is 10.0. The van der Waals surface area contributed by atoms with Crippen molar-refractivity contribution in [2.24, 2.45) is 0 Å². The van der Waals surface area contributed by atoms with Crippen LogP contribution in [0.2, 0.25) is 0 Å². The lowest BCUT2D eigenvalue weighted by Gasteiger charge is -2.19. The van der Waals surface area contributed by atoms with E-state index in [1.807, 2.05) is 68.4 Å². The molecular formula is C24H24N2O3. The van der Waals surface area contributed by atoms with E-state index >= 15 is 0 Å². The molecule has 3 aromatic carbocycles. The highest BCUT2D eigenvalue weighted by molar-refractivity contribution is 5.97. The van der Waals surface area contributed by atoms with E-state index in [0.29, 0.717) is 17.9 Å². The summed E-state index contributed by atoms with van der Waals surface area (Å²) in [6, 6.07) is 23.2. The third kappa shape index (κ3) is 5.94. The minimum absolute atomic E-state index is 0.304. The van der Waals surface area contributed by atoms with E-state index in [1.54, 1.807) is 24.3 Å². The fourth-order valence-corrected chi connectivity index (χ4v) is 2.87. The van der Waals surface area contributed by atoms with Gasteiger partial charge < -0.3 is 15.4 Å². The second-order valence-electron chi connectivity index (χ2n) is 6.88. The van der Waals surface area contributed by atoms with Gasteiger partial charge in [-0.15, -0.1) is 0 Å². The van der Waals surface area contributed by atoms with Gasteiger partial charge in [0.15, 0.2) is 0 Å². The van der Waals surface area contributed by atoms with E-state index in [4.69, 9.17) is 4.74 Å². The molecule has 0 aromatic heterocycles. The Hall–Kier alpha value is -3.60. The van der Waals surface area contributed by atoms with Crippen molar-refractivity contribution in [3.05, 3.63) is 95.6 Å². The first kappa shape index (κ1) is 20.1. The van der Waals surface area contributed by atoms with Gasteiger partial charge in [-0.3, -0.25) is 4.79 Å². The number of rotatable bonds is 6. The summed E-state index contributed by atoms with van der Waals surface area (Å²) in [6.07, 6.45) is -0.325. The molecule has 5 nitrogen and oxygen atoms in total. The highest BCUT2D eigenvalue weighted by atomic mass is 16.6. The third-order valence-electron chi connectivity index (χ3n) is 4.62. The average Bonchev–Trinajstić information content (AvgIpc) is 2.72. The standard InChI is InChI=1S/C24H24N2O3/c1-17-13-14-20(15-18(17)2)25-23(27)22(16-19-9-5-3-6-10-19)26-24(28)29-21-11-7-4-8-12-21/h3-15,22H,16H2,1-2H3,(H,25,27)(H,26,28)/t22-/m1/s1. The van der Waals surface area contributed by atoms with Gasteiger partial charge in [-0.05, 0) is 54.8 Å². The van der Waals surface area contributed by atoms with Crippen molar-refractivity contribution in [3.8, 4) is 5.75 Å². The van der Waals surface area contributed by atoms with Crippen molar-refractivity contribution >= 4 is 17.7 Å². The molecule has 3 aromatic rings. The Kier molecular flexibility index (Phi) is 6.63. The predicted molar refractivity (Wildman–Crippen MR) is 114 cm³/mol. The van der Waals surface area contributed by atoms with Crippen LogP contribution < -0.4 is 15.4 Å². The molecule has 0 saturated carbocycles. The number of benzene rings is 3. The van der Waals surface area contributed by atoms with E-state index in [2.05, 4.69) is 10.6 Å². The van der Waals surface area contributed by atoms with Crippen molar-refractivity contribution in [2.45, 2.75) is 26.3 Å². The molecule has 0 aliphatic heterocycles. The summed E-state index contributed by atoms with van der Waals surface area (Å²) in [5.41, 5.74) is 3.86. The Labute approximate surface area is 170 Å². The van der Waals surface area contributed by atoms with Gasteiger partial charge in [0.1, 0.15) is 11.8 Å². The molecular weight excluding hydrogens is 364 g/mol. The summed E-state index contributed by atoms with van der Waals surface area (Å²) in [5, 5.41) is 5.58. The van der Waals surface area contributed by atoms with Crippen LogP contribution in [-0.4, -0.2) is 18.0 Å². The summed E-state index contributed by atoms with van der Waals surface area (Å²) >= 11 is 0. The quantitative estimate of drug-likeness (QED) is 0.646. The zero-order chi connectivity index (χ0) is 20.6. The molecule has 148 valence electrons. The molecule has 1 atom stereocenters. The highest BCUT2D eigenvalue weighted by Crippen LogP contribution is 2.15. The Bertz CT molecular complexity index is 972. The van der Waals surface area contributed by atoms with Gasteiger partial charge >= 0.3 is 6.09 Å². The number of carbonyl (C=O) groups is 2. The summed E-state index contributed by atoms with van der Waals surface area (Å²) in [4.78, 5) is 25.3. The Morgan fingerprint density at radius 3 is 2.17 bits per heavy atom. The van der Waals surface area contributed by atoms with Crippen LogP contribution in [-0.2, 0) is 11.2 Å². The molecule has 0 heterocycles. The number of hydrogen-bond acceptors (Lipinski definition) is 3. The lowest BCUT2D eigenvalue weighted by Crippen LogP contribution is -2.46. The van der Waals surface area contributed by atoms with Crippen LogP contribution in [0.15, 0.2) is 78.9 Å². The van der Waals surface area contributed by atoms with Gasteiger partial charge in [-0.1, -0.05) is 54.6 Å². The molecule has 5 heteroatoms. The van der Waals surface area contributed by atoms with E-state index in [9.17, 15) is 9.59 Å². The van der Waals surface area contributed by atoms with Gasteiger partial charge in [-0.25, -0.2) is 4.79 Å². The van der Waals surface area contributed by atoms with Crippen LogP contribution in [0, 0.1) is 13.8 Å². The topological polar surface area (TPSA) is 67.4 Å². The van der Waals surface area contributed by atoms with Crippen molar-refractivity contribution in [1.29, 1.82) is 0 Å². The number of para-hydroxylation sites is 1. The fourth-order valence-electron chi connectivity index (χ4n) is 2.87. The van der Waals surface area contributed by atoms with Gasteiger partial charge in [0.25, 0.3) is 0 Å². The monoisotopic (exact) mass is 388 g/mol. The molecule has 0 spiro atoms. The highest BCUT2D eigenvalue weighted by Gasteiger charge is 2.22. The molecule has 2 N–H and O–H groups in total. The van der Waals surface area contributed by atoms with E-state index < -0.39 is 12.1 Å². The molecule has 2 amide bonds. The number of amides is 2. The molecule has 0 unspecified atom stereocenters. The molecule has 0 fully saturated rings. The minimum Gasteiger partial charge on any atom is -0.410 e. The summed E-state index contributed by atoms with van der Waals surface area (Å²) < 4.78 is 5.29. The minimum atomic E-state index is -0.782. The van der Waals surface area contributed by atoms with Gasteiger partial charge in [0, 0.05) is 12.1 Å². The first-order valence-electron chi connectivity index (χ1n) is 9.47. The molecule has 0 saturated heterocycles. The maximum atomic E-state index is 12.9. The first-order valence-corrected chi connectivity index (χ1v) is 9.47. The van der Waals surface area contributed by atoms with Crippen LogP contribution in [0.1, 0.15) is 16.7 Å². The summed E-state index contributed by atoms with van der Waals surface area (Å²) in [5.74, 6) is 0.111. The maximum absolute atomic E-state index is 12.9. The molecule has 3 rings (SSSR count). The van der Waals surface area contributed by atoms with Crippen LogP contribution in [0.5, 0.6) is 5.75 Å². The number of aryl methyl sites for hydroxylation is 2. The van der Waals surface area contributed by atoms with Crippen LogP contribution in [0.4, 0.5) is 10.5 Å². The Morgan fingerprint density at radius 2 is 1.52 bits per heavy atom. The second-order valence-corrected chi connectivity index (χ2v) is 6.88. The van der Waals surface area contributed by atoms with Crippen molar-refractivity contribution < 1.29 is 14.3 Å². The Morgan fingerprint density at radius 1 is 0.862 bits per heavy atom. The number of ether oxygens (including phenoxy) is 1. The van der Waals surface area contributed by atoms with Gasteiger partial charge in [0.05, 0.1) is 0 Å². The molecule has 0 radical (unpaired) electrons. The fraction of sp³-hybridized carbons (Fsp3) is 0.167. The molecule has 0 bridgehead atoms. The van der Waals surface area contributed by atoms with Crippen molar-refractivity contribution in [3.63, 3.8) is 0 Å². The van der Waals surface area contributed by atoms with Crippen LogP contribution in [0.3, 0.4) is 0 Å². The molecule has 0 aliphatic rings.